The van der Waals surface area contributed by atoms with Crippen molar-refractivity contribution in [2.24, 2.45) is 5.92 Å². The Morgan fingerprint density at radius 1 is 1.19 bits per heavy atom. The molecule has 0 aliphatic carbocycles. The molecule has 148 valence electrons. The SMILES string of the molecule is CC(C)C(NC(=O)c1ccccc1Cl)C(=O)N1CCC(N2CCNCC2)C1. The Kier molecular flexibility index (Phi) is 6.73. The molecule has 2 N–H and O–H groups in total. The van der Waals surface area contributed by atoms with Gasteiger partial charge in [-0.2, -0.15) is 0 Å². The van der Waals surface area contributed by atoms with Gasteiger partial charge in [0.25, 0.3) is 5.91 Å². The highest BCUT2D eigenvalue weighted by Crippen LogP contribution is 2.20. The standard InChI is InChI=1S/C20H29ClN4O2/c1-14(2)18(23-19(26)16-5-3-4-6-17(16)21)20(27)25-10-7-15(13-25)24-11-8-22-9-12-24/h3-6,14-15,18,22H,7-13H2,1-2H3,(H,23,26). The number of carbonyl (C=O) groups excluding carboxylic acids is 2. The first-order valence-corrected chi connectivity index (χ1v) is 10.1. The van der Waals surface area contributed by atoms with Crippen LogP contribution in [0.25, 0.3) is 0 Å². The number of amides is 2. The van der Waals surface area contributed by atoms with Crippen LogP contribution in [0, 0.1) is 5.92 Å². The minimum atomic E-state index is -0.546. The highest BCUT2D eigenvalue weighted by molar-refractivity contribution is 6.33. The predicted molar refractivity (Wildman–Crippen MR) is 107 cm³/mol. The molecule has 2 heterocycles. The van der Waals surface area contributed by atoms with Crippen molar-refractivity contribution >= 4 is 23.4 Å². The summed E-state index contributed by atoms with van der Waals surface area (Å²) in [4.78, 5) is 30.1. The van der Waals surface area contributed by atoms with Gasteiger partial charge in [-0.15, -0.1) is 0 Å². The number of benzene rings is 1. The van der Waals surface area contributed by atoms with E-state index in [0.29, 0.717) is 16.6 Å². The lowest BCUT2D eigenvalue weighted by Crippen LogP contribution is -2.52. The number of hydrogen-bond donors (Lipinski definition) is 2. The fraction of sp³-hybridized carbons (Fsp3) is 0.600. The van der Waals surface area contributed by atoms with Gasteiger partial charge < -0.3 is 15.5 Å². The third kappa shape index (κ3) is 4.81. The monoisotopic (exact) mass is 392 g/mol. The molecule has 0 aromatic heterocycles. The maximum absolute atomic E-state index is 13.1. The van der Waals surface area contributed by atoms with Crippen molar-refractivity contribution in [2.45, 2.75) is 32.4 Å². The van der Waals surface area contributed by atoms with E-state index < -0.39 is 6.04 Å². The number of rotatable bonds is 5. The van der Waals surface area contributed by atoms with Gasteiger partial charge in [0.05, 0.1) is 10.6 Å². The lowest BCUT2D eigenvalue weighted by atomic mass is 10.0. The minimum absolute atomic E-state index is 0.00201. The number of nitrogens with one attached hydrogen (secondary N) is 2. The molecule has 2 unspecified atom stereocenters. The molecular weight excluding hydrogens is 364 g/mol. The molecule has 1 aromatic rings. The molecule has 0 radical (unpaired) electrons. The van der Waals surface area contributed by atoms with Gasteiger partial charge in [0.1, 0.15) is 6.04 Å². The Hall–Kier alpha value is -1.63. The molecule has 27 heavy (non-hydrogen) atoms. The number of likely N-dealkylation sites (tertiary alicyclic amines) is 1. The van der Waals surface area contributed by atoms with Gasteiger partial charge in [-0.25, -0.2) is 0 Å². The maximum Gasteiger partial charge on any atom is 0.253 e. The van der Waals surface area contributed by atoms with E-state index in [4.69, 9.17) is 11.6 Å². The Morgan fingerprint density at radius 2 is 1.89 bits per heavy atom. The van der Waals surface area contributed by atoms with Crippen LogP contribution in [0.15, 0.2) is 24.3 Å². The highest BCUT2D eigenvalue weighted by atomic mass is 35.5. The lowest BCUT2D eigenvalue weighted by Gasteiger charge is -2.33. The number of piperazine rings is 1. The average Bonchev–Trinajstić information content (AvgIpc) is 3.16. The highest BCUT2D eigenvalue weighted by Gasteiger charge is 2.35. The molecule has 1 aromatic carbocycles. The van der Waals surface area contributed by atoms with E-state index in [9.17, 15) is 9.59 Å². The van der Waals surface area contributed by atoms with E-state index in [1.54, 1.807) is 24.3 Å². The predicted octanol–water partition coefficient (Wildman–Crippen LogP) is 1.60. The lowest BCUT2D eigenvalue weighted by molar-refractivity contribution is -0.133. The molecule has 2 saturated heterocycles. The van der Waals surface area contributed by atoms with Crippen LogP contribution in [0.4, 0.5) is 0 Å². The number of carbonyl (C=O) groups is 2. The van der Waals surface area contributed by atoms with Crippen molar-refractivity contribution in [3.05, 3.63) is 34.9 Å². The van der Waals surface area contributed by atoms with Crippen LogP contribution >= 0.6 is 11.6 Å². The van der Waals surface area contributed by atoms with Gasteiger partial charge in [-0.3, -0.25) is 14.5 Å². The number of halogens is 1. The van der Waals surface area contributed by atoms with E-state index in [0.717, 1.165) is 45.7 Å². The zero-order valence-corrected chi connectivity index (χ0v) is 16.8. The Bertz CT molecular complexity index is 676. The van der Waals surface area contributed by atoms with Crippen LogP contribution in [0.3, 0.4) is 0 Å². The molecule has 0 saturated carbocycles. The largest absolute Gasteiger partial charge is 0.340 e. The Morgan fingerprint density at radius 3 is 2.56 bits per heavy atom. The molecular formula is C20H29ClN4O2. The molecule has 0 spiro atoms. The molecule has 0 bridgehead atoms. The maximum atomic E-state index is 13.1. The molecule has 3 rings (SSSR count). The number of nitrogens with zero attached hydrogens (tertiary/aromatic N) is 2. The van der Waals surface area contributed by atoms with Crippen molar-refractivity contribution < 1.29 is 9.59 Å². The second-order valence-corrected chi connectivity index (χ2v) is 8.09. The summed E-state index contributed by atoms with van der Waals surface area (Å²) in [7, 11) is 0. The summed E-state index contributed by atoms with van der Waals surface area (Å²) in [6, 6.07) is 6.78. The van der Waals surface area contributed by atoms with E-state index in [-0.39, 0.29) is 17.7 Å². The zero-order chi connectivity index (χ0) is 19.4. The smallest absolute Gasteiger partial charge is 0.253 e. The fourth-order valence-electron chi connectivity index (χ4n) is 3.86. The van der Waals surface area contributed by atoms with Crippen LogP contribution in [0.1, 0.15) is 30.6 Å². The van der Waals surface area contributed by atoms with E-state index >= 15 is 0 Å². The first-order chi connectivity index (χ1) is 13.0. The molecule has 2 aliphatic rings. The van der Waals surface area contributed by atoms with Crippen LogP contribution in [-0.4, -0.2) is 73.0 Å². The zero-order valence-electron chi connectivity index (χ0n) is 16.1. The summed E-state index contributed by atoms with van der Waals surface area (Å²) in [5, 5.41) is 6.67. The first-order valence-electron chi connectivity index (χ1n) is 9.76. The van der Waals surface area contributed by atoms with Gasteiger partial charge in [0.2, 0.25) is 5.91 Å². The van der Waals surface area contributed by atoms with Crippen LogP contribution < -0.4 is 10.6 Å². The van der Waals surface area contributed by atoms with Gasteiger partial charge in [-0.05, 0) is 24.5 Å². The van der Waals surface area contributed by atoms with E-state index in [1.165, 1.54) is 0 Å². The van der Waals surface area contributed by atoms with Crippen molar-refractivity contribution in [1.29, 1.82) is 0 Å². The quantitative estimate of drug-likeness (QED) is 0.798. The Balaban J connectivity index is 1.63. The summed E-state index contributed by atoms with van der Waals surface area (Å²) < 4.78 is 0. The molecule has 2 atom stereocenters. The van der Waals surface area contributed by atoms with Gasteiger partial charge in [-0.1, -0.05) is 37.6 Å². The Labute approximate surface area is 166 Å². The average molecular weight is 393 g/mol. The molecule has 2 amide bonds. The summed E-state index contributed by atoms with van der Waals surface area (Å²) in [5.41, 5.74) is 0.401. The van der Waals surface area contributed by atoms with Crippen molar-refractivity contribution in [3.8, 4) is 0 Å². The van der Waals surface area contributed by atoms with Crippen LogP contribution in [0.5, 0.6) is 0 Å². The summed E-state index contributed by atoms with van der Waals surface area (Å²) in [6.07, 6.45) is 0.995. The first kappa shape index (κ1) is 20.1. The van der Waals surface area contributed by atoms with Gasteiger partial charge in [0.15, 0.2) is 0 Å². The van der Waals surface area contributed by atoms with Crippen molar-refractivity contribution in [1.82, 2.24) is 20.4 Å². The molecule has 2 aliphatic heterocycles. The summed E-state index contributed by atoms with van der Waals surface area (Å²) in [6.45, 7) is 9.48. The van der Waals surface area contributed by atoms with Crippen molar-refractivity contribution in [3.63, 3.8) is 0 Å². The summed E-state index contributed by atoms with van der Waals surface area (Å²) >= 11 is 6.13. The second-order valence-electron chi connectivity index (χ2n) is 7.69. The normalized spacial score (nSPS) is 22.1. The number of hydrogen-bond acceptors (Lipinski definition) is 4. The topological polar surface area (TPSA) is 64.7 Å². The van der Waals surface area contributed by atoms with Gasteiger partial charge in [0, 0.05) is 45.3 Å². The molecule has 6 nitrogen and oxygen atoms in total. The third-order valence-electron chi connectivity index (χ3n) is 5.48. The van der Waals surface area contributed by atoms with E-state index in [1.807, 2.05) is 18.7 Å². The van der Waals surface area contributed by atoms with Crippen LogP contribution in [0.2, 0.25) is 5.02 Å². The molecule has 7 heteroatoms. The molecule has 2 fully saturated rings. The third-order valence-corrected chi connectivity index (χ3v) is 5.81. The van der Waals surface area contributed by atoms with Crippen LogP contribution in [-0.2, 0) is 4.79 Å². The van der Waals surface area contributed by atoms with E-state index in [2.05, 4.69) is 15.5 Å². The minimum Gasteiger partial charge on any atom is -0.340 e. The van der Waals surface area contributed by atoms with Gasteiger partial charge >= 0.3 is 0 Å². The summed E-state index contributed by atoms with van der Waals surface area (Å²) in [5.74, 6) is -0.296. The van der Waals surface area contributed by atoms with Crippen molar-refractivity contribution in [2.75, 3.05) is 39.3 Å². The second kappa shape index (κ2) is 9.04. The fourth-order valence-corrected chi connectivity index (χ4v) is 4.08.